The summed E-state index contributed by atoms with van der Waals surface area (Å²) in [6.07, 6.45) is 1.08. The maximum atomic E-state index is 5.69. The van der Waals surface area contributed by atoms with Crippen molar-refractivity contribution in [2.24, 2.45) is 0 Å². The van der Waals surface area contributed by atoms with E-state index in [2.05, 4.69) is 6.07 Å². The smallest absolute Gasteiger partial charge is 0.122 e. The Balaban J connectivity index is 2.78. The molecule has 1 aromatic carbocycles. The predicted octanol–water partition coefficient (Wildman–Crippen LogP) is 3.26. The third-order valence-corrected chi connectivity index (χ3v) is 1.89. The van der Waals surface area contributed by atoms with Gasteiger partial charge in [0.25, 0.3) is 0 Å². The Hall–Kier alpha value is -0.690. The lowest BCUT2D eigenvalue weighted by molar-refractivity contribution is 0.240. The summed E-state index contributed by atoms with van der Waals surface area (Å²) in [7, 11) is 0. The zero-order chi connectivity index (χ0) is 9.68. The number of alkyl halides is 1. The van der Waals surface area contributed by atoms with Crippen LogP contribution in [-0.4, -0.2) is 12.0 Å². The Bertz CT molecular complexity index is 258. The predicted molar refractivity (Wildman–Crippen MR) is 56.6 cm³/mol. The molecule has 0 aliphatic heterocycles. The molecule has 1 aromatic rings. The van der Waals surface area contributed by atoms with Crippen LogP contribution in [0, 0.1) is 0 Å². The number of benzene rings is 1. The van der Waals surface area contributed by atoms with Crippen LogP contribution in [0.3, 0.4) is 0 Å². The molecule has 1 rings (SSSR count). The number of halogens is 1. The lowest BCUT2D eigenvalue weighted by atomic mass is 10.1. The zero-order valence-electron chi connectivity index (χ0n) is 8.09. The largest absolute Gasteiger partial charge is 0.491 e. The van der Waals surface area contributed by atoms with Crippen molar-refractivity contribution in [2.75, 3.05) is 5.88 Å². The molecular formula is C11H15ClO. The summed E-state index contributed by atoms with van der Waals surface area (Å²) in [5.41, 5.74) is 1.19. The van der Waals surface area contributed by atoms with Crippen LogP contribution in [0.1, 0.15) is 19.4 Å². The Morgan fingerprint density at radius 1 is 1.31 bits per heavy atom. The standard InChI is InChI=1S/C11H15ClO/c1-9(2)13-11-6-4-3-5-10(11)7-8-12/h3-6,9H,7-8H2,1-2H3. The second-order valence-corrected chi connectivity index (χ2v) is 3.59. The number of aryl methyl sites for hydroxylation is 1. The van der Waals surface area contributed by atoms with E-state index in [9.17, 15) is 0 Å². The van der Waals surface area contributed by atoms with E-state index in [-0.39, 0.29) is 6.10 Å². The van der Waals surface area contributed by atoms with Gasteiger partial charge in [0.15, 0.2) is 0 Å². The molecule has 0 radical (unpaired) electrons. The molecule has 0 atom stereocenters. The highest BCUT2D eigenvalue weighted by Gasteiger charge is 2.03. The van der Waals surface area contributed by atoms with Gasteiger partial charge >= 0.3 is 0 Å². The van der Waals surface area contributed by atoms with Gasteiger partial charge in [0.05, 0.1) is 6.10 Å². The molecule has 0 N–H and O–H groups in total. The first-order valence-corrected chi connectivity index (χ1v) is 5.08. The summed E-state index contributed by atoms with van der Waals surface area (Å²) in [6.45, 7) is 4.05. The molecular weight excluding hydrogens is 184 g/mol. The Kier molecular flexibility index (Phi) is 4.10. The minimum absolute atomic E-state index is 0.219. The van der Waals surface area contributed by atoms with Crippen molar-refractivity contribution < 1.29 is 4.74 Å². The van der Waals surface area contributed by atoms with Crippen LogP contribution in [-0.2, 0) is 6.42 Å². The molecule has 0 aliphatic carbocycles. The van der Waals surface area contributed by atoms with E-state index < -0.39 is 0 Å². The summed E-state index contributed by atoms with van der Waals surface area (Å²) in [5.74, 6) is 1.59. The molecule has 2 heteroatoms. The van der Waals surface area contributed by atoms with Gasteiger partial charge in [-0.25, -0.2) is 0 Å². The van der Waals surface area contributed by atoms with Crippen molar-refractivity contribution in [3.05, 3.63) is 29.8 Å². The van der Waals surface area contributed by atoms with Gasteiger partial charge in [-0.05, 0) is 31.9 Å². The van der Waals surface area contributed by atoms with E-state index >= 15 is 0 Å². The van der Waals surface area contributed by atoms with Crippen LogP contribution in [0.4, 0.5) is 0 Å². The normalized spacial score (nSPS) is 10.5. The number of para-hydroxylation sites is 1. The summed E-state index contributed by atoms with van der Waals surface area (Å²) in [4.78, 5) is 0. The monoisotopic (exact) mass is 198 g/mol. The average molecular weight is 199 g/mol. The topological polar surface area (TPSA) is 9.23 Å². The molecule has 0 saturated carbocycles. The van der Waals surface area contributed by atoms with Crippen molar-refractivity contribution in [3.63, 3.8) is 0 Å². The van der Waals surface area contributed by atoms with E-state index in [1.165, 1.54) is 5.56 Å². The molecule has 0 heterocycles. The van der Waals surface area contributed by atoms with Crippen molar-refractivity contribution >= 4 is 11.6 Å². The van der Waals surface area contributed by atoms with Crippen molar-refractivity contribution in [3.8, 4) is 5.75 Å². The molecule has 0 unspecified atom stereocenters. The number of rotatable bonds is 4. The van der Waals surface area contributed by atoms with Gasteiger partial charge in [-0.1, -0.05) is 18.2 Å². The molecule has 0 amide bonds. The van der Waals surface area contributed by atoms with E-state index in [1.807, 2.05) is 32.0 Å². The Morgan fingerprint density at radius 2 is 2.00 bits per heavy atom. The quantitative estimate of drug-likeness (QED) is 0.675. The molecule has 0 aliphatic rings. The third-order valence-electron chi connectivity index (χ3n) is 1.70. The summed E-state index contributed by atoms with van der Waals surface area (Å²) >= 11 is 5.69. The third kappa shape index (κ3) is 3.27. The maximum absolute atomic E-state index is 5.69. The first-order valence-electron chi connectivity index (χ1n) is 4.54. The summed E-state index contributed by atoms with van der Waals surface area (Å²) < 4.78 is 5.64. The first-order chi connectivity index (χ1) is 6.24. The zero-order valence-corrected chi connectivity index (χ0v) is 8.84. The highest BCUT2D eigenvalue weighted by atomic mass is 35.5. The van der Waals surface area contributed by atoms with Crippen LogP contribution in [0.2, 0.25) is 0 Å². The van der Waals surface area contributed by atoms with Crippen LogP contribution in [0.5, 0.6) is 5.75 Å². The minimum atomic E-state index is 0.219. The second kappa shape index (κ2) is 5.13. The lowest BCUT2D eigenvalue weighted by Gasteiger charge is -2.13. The van der Waals surface area contributed by atoms with E-state index in [1.54, 1.807) is 0 Å². The van der Waals surface area contributed by atoms with Gasteiger partial charge < -0.3 is 4.74 Å². The SMILES string of the molecule is CC(C)Oc1ccccc1CCCl. The van der Waals surface area contributed by atoms with E-state index in [0.717, 1.165) is 12.2 Å². The molecule has 0 spiro atoms. The lowest BCUT2D eigenvalue weighted by Crippen LogP contribution is -2.07. The fraction of sp³-hybridized carbons (Fsp3) is 0.455. The van der Waals surface area contributed by atoms with Crippen LogP contribution in [0.15, 0.2) is 24.3 Å². The number of hydrogen-bond acceptors (Lipinski definition) is 1. The van der Waals surface area contributed by atoms with Crippen LogP contribution < -0.4 is 4.74 Å². The summed E-state index contributed by atoms with van der Waals surface area (Å²) in [6, 6.07) is 8.03. The molecule has 1 nitrogen and oxygen atoms in total. The van der Waals surface area contributed by atoms with Crippen molar-refractivity contribution in [2.45, 2.75) is 26.4 Å². The maximum Gasteiger partial charge on any atom is 0.122 e. The van der Waals surface area contributed by atoms with E-state index in [0.29, 0.717) is 5.88 Å². The van der Waals surface area contributed by atoms with Crippen LogP contribution in [0.25, 0.3) is 0 Å². The average Bonchev–Trinajstić information content (AvgIpc) is 2.08. The molecule has 0 bridgehead atoms. The molecule has 0 saturated heterocycles. The molecule has 72 valence electrons. The van der Waals surface area contributed by atoms with Crippen molar-refractivity contribution in [1.29, 1.82) is 0 Å². The van der Waals surface area contributed by atoms with Gasteiger partial charge in [0.2, 0.25) is 0 Å². The first kappa shape index (κ1) is 10.4. The number of ether oxygens (including phenoxy) is 1. The highest BCUT2D eigenvalue weighted by molar-refractivity contribution is 6.18. The van der Waals surface area contributed by atoms with Gasteiger partial charge in [0, 0.05) is 5.88 Å². The van der Waals surface area contributed by atoms with Gasteiger partial charge in [0.1, 0.15) is 5.75 Å². The minimum Gasteiger partial charge on any atom is -0.491 e. The number of hydrogen-bond donors (Lipinski definition) is 0. The van der Waals surface area contributed by atoms with Gasteiger partial charge in [-0.15, -0.1) is 11.6 Å². The second-order valence-electron chi connectivity index (χ2n) is 3.21. The van der Waals surface area contributed by atoms with Gasteiger partial charge in [-0.3, -0.25) is 0 Å². The molecule has 13 heavy (non-hydrogen) atoms. The van der Waals surface area contributed by atoms with Crippen LogP contribution >= 0.6 is 11.6 Å². The Labute approximate surface area is 84.7 Å². The highest BCUT2D eigenvalue weighted by Crippen LogP contribution is 2.19. The molecule has 0 aromatic heterocycles. The fourth-order valence-electron chi connectivity index (χ4n) is 1.18. The van der Waals surface area contributed by atoms with E-state index in [4.69, 9.17) is 16.3 Å². The van der Waals surface area contributed by atoms with Crippen molar-refractivity contribution in [1.82, 2.24) is 0 Å². The fourth-order valence-corrected chi connectivity index (χ4v) is 1.38. The molecule has 0 fully saturated rings. The Morgan fingerprint density at radius 3 is 2.62 bits per heavy atom. The summed E-state index contributed by atoms with van der Waals surface area (Å²) in [5, 5.41) is 0. The van der Waals surface area contributed by atoms with Gasteiger partial charge in [-0.2, -0.15) is 0 Å².